The second-order valence-corrected chi connectivity index (χ2v) is 7.58. The van der Waals surface area contributed by atoms with Gasteiger partial charge in [0.15, 0.2) is 23.0 Å². The zero-order valence-corrected chi connectivity index (χ0v) is 18.8. The van der Waals surface area contributed by atoms with Crippen molar-refractivity contribution < 1.29 is 23.7 Å². The average molecular weight is 416 g/mol. The molecule has 30 heavy (non-hydrogen) atoms. The molecule has 2 rings (SSSR count). The predicted octanol–water partition coefficient (Wildman–Crippen LogP) is 4.18. The Morgan fingerprint density at radius 2 is 1.37 bits per heavy atom. The van der Waals surface area contributed by atoms with Gasteiger partial charge in [0.1, 0.15) is 0 Å². The van der Waals surface area contributed by atoms with Crippen LogP contribution in [-0.4, -0.2) is 38.9 Å². The van der Waals surface area contributed by atoms with Crippen LogP contribution in [0.2, 0.25) is 0 Å². The van der Waals surface area contributed by atoms with E-state index in [1.807, 2.05) is 64.1 Å². The van der Waals surface area contributed by atoms with E-state index in [4.69, 9.17) is 18.9 Å². The molecule has 0 saturated heterocycles. The highest BCUT2D eigenvalue weighted by molar-refractivity contribution is 5.78. The van der Waals surface area contributed by atoms with Crippen molar-refractivity contribution >= 4 is 5.91 Å². The average Bonchev–Trinajstić information content (AvgIpc) is 2.68. The minimum atomic E-state index is -0.0400. The summed E-state index contributed by atoms with van der Waals surface area (Å²) in [5, 5.41) is 2.97. The van der Waals surface area contributed by atoms with Gasteiger partial charge in [0.05, 0.1) is 32.8 Å². The molecular weight excluding hydrogens is 382 g/mol. The lowest BCUT2D eigenvalue weighted by molar-refractivity contribution is -0.120. The molecule has 0 spiro atoms. The van der Waals surface area contributed by atoms with Crippen molar-refractivity contribution in [2.75, 3.05) is 20.8 Å². The molecule has 1 amide bonds. The monoisotopic (exact) mass is 415 g/mol. The highest BCUT2D eigenvalue weighted by atomic mass is 16.5. The van der Waals surface area contributed by atoms with E-state index in [0.717, 1.165) is 11.1 Å². The maximum atomic E-state index is 12.3. The van der Waals surface area contributed by atoms with Crippen molar-refractivity contribution in [3.05, 3.63) is 47.5 Å². The molecule has 0 bridgehead atoms. The van der Waals surface area contributed by atoms with Gasteiger partial charge in [-0.3, -0.25) is 4.79 Å². The zero-order valence-electron chi connectivity index (χ0n) is 18.8. The van der Waals surface area contributed by atoms with Crippen LogP contribution in [0.3, 0.4) is 0 Å². The molecule has 0 radical (unpaired) electrons. The van der Waals surface area contributed by atoms with Crippen molar-refractivity contribution in [1.29, 1.82) is 0 Å². The topological polar surface area (TPSA) is 66.0 Å². The van der Waals surface area contributed by atoms with Gasteiger partial charge in [-0.15, -0.1) is 0 Å². The molecule has 0 heterocycles. The van der Waals surface area contributed by atoms with Gasteiger partial charge in [0.25, 0.3) is 0 Å². The fraction of sp³-hybridized carbons (Fsp3) is 0.458. The Hall–Kier alpha value is -2.89. The largest absolute Gasteiger partial charge is 0.493 e. The zero-order chi connectivity index (χ0) is 22.1. The van der Waals surface area contributed by atoms with Crippen LogP contribution in [0.5, 0.6) is 23.0 Å². The van der Waals surface area contributed by atoms with E-state index in [0.29, 0.717) is 36.0 Å². The van der Waals surface area contributed by atoms with Crippen LogP contribution in [0.4, 0.5) is 0 Å². The fourth-order valence-corrected chi connectivity index (χ4v) is 2.99. The van der Waals surface area contributed by atoms with Crippen molar-refractivity contribution in [1.82, 2.24) is 5.32 Å². The molecule has 6 nitrogen and oxygen atoms in total. The number of carbonyl (C=O) groups excluding carboxylic acids is 1. The number of hydrogen-bond acceptors (Lipinski definition) is 5. The van der Waals surface area contributed by atoms with Gasteiger partial charge in [-0.25, -0.2) is 0 Å². The summed E-state index contributed by atoms with van der Waals surface area (Å²) < 4.78 is 22.3. The Balaban J connectivity index is 1.91. The summed E-state index contributed by atoms with van der Waals surface area (Å²) >= 11 is 0. The third-order valence-corrected chi connectivity index (χ3v) is 4.28. The van der Waals surface area contributed by atoms with Crippen molar-refractivity contribution in [3.8, 4) is 23.0 Å². The normalized spacial score (nSPS) is 10.8. The Morgan fingerprint density at radius 3 is 2.00 bits per heavy atom. The van der Waals surface area contributed by atoms with Gasteiger partial charge >= 0.3 is 0 Å². The number of rotatable bonds is 11. The maximum Gasteiger partial charge on any atom is 0.224 e. The molecule has 0 unspecified atom stereocenters. The molecule has 1 N–H and O–H groups in total. The second-order valence-electron chi connectivity index (χ2n) is 7.58. The SMILES string of the molecule is COc1cc(CC(=O)NCCc2ccc(OC)c(OC(C)C)c2)ccc1OC(C)C. The van der Waals surface area contributed by atoms with E-state index < -0.39 is 0 Å². The number of methoxy groups -OCH3 is 2. The van der Waals surface area contributed by atoms with E-state index in [9.17, 15) is 4.79 Å². The first-order chi connectivity index (χ1) is 14.3. The third kappa shape index (κ3) is 7.17. The van der Waals surface area contributed by atoms with Crippen LogP contribution in [0.1, 0.15) is 38.8 Å². The third-order valence-electron chi connectivity index (χ3n) is 4.28. The molecule has 6 heteroatoms. The lowest BCUT2D eigenvalue weighted by Crippen LogP contribution is -2.27. The number of benzene rings is 2. The van der Waals surface area contributed by atoms with Crippen LogP contribution in [-0.2, 0) is 17.6 Å². The minimum Gasteiger partial charge on any atom is -0.493 e. The van der Waals surface area contributed by atoms with E-state index in [-0.39, 0.29) is 24.5 Å². The van der Waals surface area contributed by atoms with Crippen molar-refractivity contribution in [3.63, 3.8) is 0 Å². The van der Waals surface area contributed by atoms with Gasteiger partial charge in [-0.2, -0.15) is 0 Å². The highest BCUT2D eigenvalue weighted by Crippen LogP contribution is 2.30. The maximum absolute atomic E-state index is 12.3. The Labute approximate surface area is 179 Å². The molecular formula is C24H33NO5. The Kier molecular flexibility index (Phi) is 8.84. The number of ether oxygens (including phenoxy) is 4. The van der Waals surface area contributed by atoms with E-state index >= 15 is 0 Å². The molecule has 2 aromatic carbocycles. The van der Waals surface area contributed by atoms with Gasteiger partial charge in [-0.1, -0.05) is 12.1 Å². The fourth-order valence-electron chi connectivity index (χ4n) is 2.99. The molecule has 0 atom stereocenters. The first kappa shape index (κ1) is 23.4. The van der Waals surface area contributed by atoms with E-state index in [2.05, 4.69) is 5.32 Å². The lowest BCUT2D eigenvalue weighted by Gasteiger charge is -2.15. The summed E-state index contributed by atoms with van der Waals surface area (Å²) in [4.78, 5) is 12.3. The number of carbonyl (C=O) groups is 1. The summed E-state index contributed by atoms with van der Waals surface area (Å²) in [6.07, 6.45) is 1.10. The van der Waals surface area contributed by atoms with E-state index in [1.54, 1.807) is 14.2 Å². The highest BCUT2D eigenvalue weighted by Gasteiger charge is 2.11. The lowest BCUT2D eigenvalue weighted by atomic mass is 10.1. The summed E-state index contributed by atoms with van der Waals surface area (Å²) in [5.74, 6) is 2.68. The molecule has 0 fully saturated rings. The molecule has 0 aliphatic heterocycles. The molecule has 2 aromatic rings. The van der Waals surface area contributed by atoms with Gasteiger partial charge in [0.2, 0.25) is 5.91 Å². The first-order valence-corrected chi connectivity index (χ1v) is 10.3. The van der Waals surface area contributed by atoms with Crippen LogP contribution in [0, 0.1) is 0 Å². The van der Waals surface area contributed by atoms with Crippen LogP contribution in [0.15, 0.2) is 36.4 Å². The van der Waals surface area contributed by atoms with Crippen LogP contribution < -0.4 is 24.3 Å². The standard InChI is InChI=1S/C24H33NO5/c1-16(2)29-21-10-8-19(14-22(21)28-6)15-24(26)25-12-11-18-7-9-20(27-5)23(13-18)30-17(3)4/h7-10,13-14,16-17H,11-12,15H2,1-6H3,(H,25,26). The van der Waals surface area contributed by atoms with Crippen molar-refractivity contribution in [2.45, 2.75) is 52.7 Å². The van der Waals surface area contributed by atoms with Crippen LogP contribution in [0.25, 0.3) is 0 Å². The van der Waals surface area contributed by atoms with E-state index in [1.165, 1.54) is 0 Å². The molecule has 0 aliphatic rings. The molecule has 0 aromatic heterocycles. The molecule has 164 valence electrons. The predicted molar refractivity (Wildman–Crippen MR) is 118 cm³/mol. The van der Waals surface area contributed by atoms with Crippen molar-refractivity contribution in [2.24, 2.45) is 0 Å². The molecule has 0 saturated carbocycles. The number of amides is 1. The van der Waals surface area contributed by atoms with Gasteiger partial charge in [-0.05, 0) is 69.5 Å². The first-order valence-electron chi connectivity index (χ1n) is 10.3. The number of hydrogen-bond donors (Lipinski definition) is 1. The quantitative estimate of drug-likeness (QED) is 0.596. The Morgan fingerprint density at radius 1 is 0.800 bits per heavy atom. The molecule has 0 aliphatic carbocycles. The van der Waals surface area contributed by atoms with Gasteiger partial charge < -0.3 is 24.3 Å². The van der Waals surface area contributed by atoms with Crippen LogP contribution >= 0.6 is 0 Å². The number of nitrogens with one attached hydrogen (secondary N) is 1. The Bertz CT molecular complexity index is 832. The summed E-state index contributed by atoms with van der Waals surface area (Å²) in [7, 11) is 3.22. The summed E-state index contributed by atoms with van der Waals surface area (Å²) in [5.41, 5.74) is 1.95. The minimum absolute atomic E-state index is 0.0400. The second kappa shape index (κ2) is 11.3. The van der Waals surface area contributed by atoms with Gasteiger partial charge in [0, 0.05) is 6.54 Å². The smallest absolute Gasteiger partial charge is 0.224 e. The summed E-state index contributed by atoms with van der Waals surface area (Å²) in [6.45, 7) is 8.41. The summed E-state index contributed by atoms with van der Waals surface area (Å²) in [6, 6.07) is 11.4.